The molecule has 0 unspecified atom stereocenters. The van der Waals surface area contributed by atoms with E-state index in [9.17, 15) is 9.59 Å². The van der Waals surface area contributed by atoms with Crippen molar-refractivity contribution in [2.24, 2.45) is 0 Å². The molecule has 0 radical (unpaired) electrons. The first-order valence-corrected chi connectivity index (χ1v) is 8.71. The van der Waals surface area contributed by atoms with Crippen molar-refractivity contribution in [3.05, 3.63) is 42.4 Å². The fraction of sp³-hybridized carbons (Fsp3) is 0.444. The summed E-state index contributed by atoms with van der Waals surface area (Å²) in [5.74, 6) is 0.395. The predicted molar refractivity (Wildman–Crippen MR) is 93.8 cm³/mol. The van der Waals surface area contributed by atoms with Crippen LogP contribution in [0.15, 0.2) is 36.7 Å². The summed E-state index contributed by atoms with van der Waals surface area (Å²) < 4.78 is 1.78. The Kier molecular flexibility index (Phi) is 5.42. The molecule has 2 aromatic rings. The first-order valence-electron chi connectivity index (χ1n) is 8.71. The summed E-state index contributed by atoms with van der Waals surface area (Å²) >= 11 is 0. The summed E-state index contributed by atoms with van der Waals surface area (Å²) in [6.45, 7) is 3.26. The largest absolute Gasteiger partial charge is 0.331 e. The summed E-state index contributed by atoms with van der Waals surface area (Å²) in [5.41, 5.74) is 1.00. The highest BCUT2D eigenvalue weighted by molar-refractivity contribution is 5.96. The smallest absolute Gasteiger partial charge is 0.248 e. The highest BCUT2D eigenvalue weighted by Gasteiger charge is 2.31. The van der Waals surface area contributed by atoms with Crippen molar-refractivity contribution in [1.29, 1.82) is 0 Å². The van der Waals surface area contributed by atoms with Crippen molar-refractivity contribution in [3.8, 4) is 0 Å². The predicted octanol–water partition coefficient (Wildman–Crippen LogP) is 1.86. The van der Waals surface area contributed by atoms with Gasteiger partial charge in [-0.25, -0.2) is 0 Å². The second-order valence-corrected chi connectivity index (χ2v) is 6.14. The first kappa shape index (κ1) is 17.1. The molecule has 1 aliphatic heterocycles. The molecule has 25 heavy (non-hydrogen) atoms. The zero-order valence-corrected chi connectivity index (χ0v) is 14.4. The zero-order valence-electron chi connectivity index (χ0n) is 14.4. The average Bonchev–Trinajstić information content (AvgIpc) is 3.24. The number of anilines is 1. The van der Waals surface area contributed by atoms with Crippen LogP contribution in [0.2, 0.25) is 0 Å². The Hall–Kier alpha value is -2.70. The maximum Gasteiger partial charge on any atom is 0.248 e. The summed E-state index contributed by atoms with van der Waals surface area (Å²) in [4.78, 5) is 30.3. The average molecular weight is 341 g/mol. The molecular weight excluding hydrogens is 318 g/mol. The van der Waals surface area contributed by atoms with Crippen molar-refractivity contribution in [1.82, 2.24) is 19.7 Å². The van der Waals surface area contributed by atoms with Crippen LogP contribution in [0.5, 0.6) is 0 Å². The van der Waals surface area contributed by atoms with Gasteiger partial charge in [0, 0.05) is 50.1 Å². The zero-order chi connectivity index (χ0) is 17.6. The number of hydrogen-bond acceptors (Lipinski definition) is 4. The number of carbonyl (C=O) groups excluding carboxylic acids is 2. The topological polar surface area (TPSA) is 80.1 Å². The second kappa shape index (κ2) is 7.92. The van der Waals surface area contributed by atoms with Gasteiger partial charge >= 0.3 is 0 Å². The number of hydrogen-bond donors (Lipinski definition) is 1. The molecule has 3 heterocycles. The number of likely N-dealkylation sites (tertiary alicyclic amines) is 1. The van der Waals surface area contributed by atoms with Crippen LogP contribution in [0.1, 0.15) is 31.9 Å². The first-order chi connectivity index (χ1) is 12.2. The van der Waals surface area contributed by atoms with Gasteiger partial charge in [0.15, 0.2) is 5.82 Å². The highest BCUT2D eigenvalue weighted by Crippen LogP contribution is 2.17. The van der Waals surface area contributed by atoms with Crippen LogP contribution in [-0.4, -0.2) is 44.1 Å². The third-order valence-corrected chi connectivity index (χ3v) is 4.39. The van der Waals surface area contributed by atoms with E-state index in [1.807, 2.05) is 31.3 Å². The molecule has 132 valence electrons. The molecule has 0 spiro atoms. The summed E-state index contributed by atoms with van der Waals surface area (Å²) in [5, 5.41) is 7.21. The number of nitrogens with one attached hydrogen (secondary N) is 1. The van der Waals surface area contributed by atoms with Gasteiger partial charge in [0.25, 0.3) is 0 Å². The molecule has 2 aromatic heterocycles. The van der Waals surface area contributed by atoms with Crippen molar-refractivity contribution in [2.75, 3.05) is 11.9 Å². The summed E-state index contributed by atoms with van der Waals surface area (Å²) in [6.07, 6.45) is 6.33. The number of carbonyl (C=O) groups is 2. The van der Waals surface area contributed by atoms with E-state index in [-0.39, 0.29) is 11.8 Å². The molecule has 7 nitrogen and oxygen atoms in total. The van der Waals surface area contributed by atoms with Gasteiger partial charge in [0.05, 0.1) is 0 Å². The van der Waals surface area contributed by atoms with Gasteiger partial charge in [0.1, 0.15) is 6.04 Å². The molecule has 1 N–H and O–H groups in total. The standard InChI is InChI=1S/C18H23N5O2/c1-2-15(23-11-5-7-17(23)24)18(25)20-16-9-13-22(21-16)12-8-14-6-3-4-10-19-14/h3-4,6,9-10,13,15H,2,5,7-8,11-12H2,1H3,(H,20,21,25)/t15-/m1/s1. The van der Waals surface area contributed by atoms with E-state index in [0.717, 1.165) is 18.5 Å². The number of nitrogens with zero attached hydrogens (tertiary/aromatic N) is 4. The highest BCUT2D eigenvalue weighted by atomic mass is 16.2. The van der Waals surface area contributed by atoms with Crippen molar-refractivity contribution in [2.45, 2.75) is 45.2 Å². The summed E-state index contributed by atoms with van der Waals surface area (Å²) in [7, 11) is 0. The van der Waals surface area contributed by atoms with Gasteiger partial charge in [-0.15, -0.1) is 0 Å². The third-order valence-electron chi connectivity index (χ3n) is 4.39. The van der Waals surface area contributed by atoms with E-state index in [4.69, 9.17) is 0 Å². The van der Waals surface area contributed by atoms with Crippen LogP contribution >= 0.6 is 0 Å². The fourth-order valence-electron chi connectivity index (χ4n) is 3.08. The molecule has 1 atom stereocenters. The Morgan fingerprint density at radius 3 is 2.92 bits per heavy atom. The van der Waals surface area contributed by atoms with Crippen LogP contribution in [0.25, 0.3) is 0 Å². The van der Waals surface area contributed by atoms with E-state index in [1.54, 1.807) is 21.8 Å². The van der Waals surface area contributed by atoms with Crippen LogP contribution in [-0.2, 0) is 22.6 Å². The van der Waals surface area contributed by atoms with Gasteiger partial charge in [-0.1, -0.05) is 13.0 Å². The monoisotopic (exact) mass is 341 g/mol. The van der Waals surface area contributed by atoms with Crippen molar-refractivity contribution < 1.29 is 9.59 Å². The van der Waals surface area contributed by atoms with Gasteiger partial charge in [-0.05, 0) is 25.0 Å². The quantitative estimate of drug-likeness (QED) is 0.833. The Morgan fingerprint density at radius 2 is 2.24 bits per heavy atom. The Bertz CT molecular complexity index is 728. The van der Waals surface area contributed by atoms with Crippen LogP contribution < -0.4 is 5.32 Å². The molecule has 0 aliphatic carbocycles. The van der Waals surface area contributed by atoms with E-state index in [2.05, 4.69) is 15.4 Å². The Balaban J connectivity index is 1.56. The maximum atomic E-state index is 12.5. The minimum Gasteiger partial charge on any atom is -0.331 e. The molecule has 1 saturated heterocycles. The minimum atomic E-state index is -0.423. The molecule has 1 aliphatic rings. The second-order valence-electron chi connectivity index (χ2n) is 6.14. The SMILES string of the molecule is CC[C@H](C(=O)Nc1ccn(CCc2ccccn2)n1)N1CCCC1=O. The van der Waals surface area contributed by atoms with E-state index in [1.165, 1.54) is 0 Å². The lowest BCUT2D eigenvalue weighted by Crippen LogP contribution is -2.44. The van der Waals surface area contributed by atoms with Crippen LogP contribution in [0.3, 0.4) is 0 Å². The molecule has 7 heteroatoms. The number of pyridine rings is 1. The lowest BCUT2D eigenvalue weighted by atomic mass is 10.2. The van der Waals surface area contributed by atoms with Crippen molar-refractivity contribution >= 4 is 17.6 Å². The molecular formula is C18H23N5O2. The number of amides is 2. The van der Waals surface area contributed by atoms with E-state index >= 15 is 0 Å². The van der Waals surface area contributed by atoms with Crippen LogP contribution in [0.4, 0.5) is 5.82 Å². The molecule has 0 bridgehead atoms. The number of aryl methyl sites for hydroxylation is 2. The minimum absolute atomic E-state index is 0.0582. The number of rotatable bonds is 7. The molecule has 3 rings (SSSR count). The normalized spacial score (nSPS) is 15.4. The van der Waals surface area contributed by atoms with Gasteiger partial charge in [-0.3, -0.25) is 19.3 Å². The molecule has 2 amide bonds. The molecule has 0 aromatic carbocycles. The van der Waals surface area contributed by atoms with Crippen LogP contribution in [0, 0.1) is 0 Å². The lowest BCUT2D eigenvalue weighted by molar-refractivity contribution is -0.135. The molecule has 0 saturated carbocycles. The Morgan fingerprint density at radius 1 is 1.36 bits per heavy atom. The van der Waals surface area contributed by atoms with Gasteiger partial charge in [0.2, 0.25) is 11.8 Å². The fourth-order valence-corrected chi connectivity index (χ4v) is 3.08. The van der Waals surface area contributed by atoms with Gasteiger partial charge in [-0.2, -0.15) is 5.10 Å². The van der Waals surface area contributed by atoms with Gasteiger partial charge < -0.3 is 10.2 Å². The van der Waals surface area contributed by atoms with E-state index < -0.39 is 6.04 Å². The maximum absolute atomic E-state index is 12.5. The number of aromatic nitrogens is 3. The Labute approximate surface area is 147 Å². The summed E-state index contributed by atoms with van der Waals surface area (Å²) in [6, 6.07) is 7.18. The van der Waals surface area contributed by atoms with E-state index in [0.29, 0.717) is 31.7 Å². The third kappa shape index (κ3) is 4.23. The molecule has 1 fully saturated rings. The van der Waals surface area contributed by atoms with Crippen molar-refractivity contribution in [3.63, 3.8) is 0 Å². The lowest BCUT2D eigenvalue weighted by Gasteiger charge is -2.25.